The third-order valence-electron chi connectivity index (χ3n) is 11.5. The summed E-state index contributed by atoms with van der Waals surface area (Å²) in [4.78, 5) is 13.7. The Hall–Kier alpha value is -7.12. The monoisotopic (exact) mass is 710 g/mol. The third kappa shape index (κ3) is 4.61. The van der Waals surface area contributed by atoms with Crippen molar-refractivity contribution in [1.29, 1.82) is 31.6 Å². The minimum atomic E-state index is -1.72. The van der Waals surface area contributed by atoms with Gasteiger partial charge in [0.15, 0.2) is 10.8 Å². The molecule has 0 N–H and O–H groups in total. The number of rotatable bonds is 6. The Kier molecular flexibility index (Phi) is 8.38. The fourth-order valence-electron chi connectivity index (χ4n) is 8.58. The van der Waals surface area contributed by atoms with Gasteiger partial charge in [-0.2, -0.15) is 41.5 Å². The highest BCUT2D eigenvalue weighted by Gasteiger charge is 2.69. The first-order valence-corrected chi connectivity index (χ1v) is 17.6. The van der Waals surface area contributed by atoms with E-state index in [4.69, 9.17) is 19.4 Å². The zero-order valence-electron chi connectivity index (χ0n) is 30.3. The highest BCUT2D eigenvalue weighted by atomic mass is 16.5. The topological polar surface area (TPSA) is 193 Å². The normalized spacial score (nSPS) is 21.1. The van der Waals surface area contributed by atoms with Crippen molar-refractivity contribution >= 4 is 11.6 Å². The van der Waals surface area contributed by atoms with Crippen LogP contribution in [0.3, 0.4) is 0 Å². The van der Waals surface area contributed by atoms with Crippen LogP contribution < -0.4 is 19.3 Å². The van der Waals surface area contributed by atoms with Gasteiger partial charge < -0.3 is 19.3 Å². The predicted octanol–water partition coefficient (Wildman–Crippen LogP) is 6.37. The molecular formula is C42H34N10O2. The van der Waals surface area contributed by atoms with Gasteiger partial charge in [-0.15, -0.1) is 0 Å². The Morgan fingerprint density at radius 3 is 1.24 bits per heavy atom. The highest BCUT2D eigenvalue weighted by molar-refractivity contribution is 5.85. The second kappa shape index (κ2) is 12.8. The van der Waals surface area contributed by atoms with Crippen molar-refractivity contribution in [2.45, 2.75) is 51.6 Å². The summed E-state index contributed by atoms with van der Waals surface area (Å²) >= 11 is 0. The Balaban J connectivity index is 1.57. The minimum Gasteiger partial charge on any atom is -0.477 e. The first kappa shape index (κ1) is 35.3. The average molecular weight is 711 g/mol. The number of nitriles is 6. The standard InChI is InChI=1S/C42H34N10O2/c1-5-53-37-31(19-43)33(27-13-9-7-10-14-27)29-17-41(21-45,22-46)39(3)26-52-36-30(18-42(23-47,24-48)40(52,4)25-51(39)35(29)49-37)34(28-15-11-8-12-16-28)32(20-44)38(50-36)54-6-2/h7-16H,5-6,17-18,25-26H2,1-4H3/t39-,40+. The van der Waals surface area contributed by atoms with Crippen LogP contribution in [0.2, 0.25) is 0 Å². The van der Waals surface area contributed by atoms with Crippen LogP contribution in [0.15, 0.2) is 60.7 Å². The summed E-state index contributed by atoms with van der Waals surface area (Å²) in [5.74, 6) is 1.02. The van der Waals surface area contributed by atoms with E-state index in [0.717, 1.165) is 0 Å². The zero-order chi connectivity index (χ0) is 38.5. The van der Waals surface area contributed by atoms with Gasteiger partial charge in [0, 0.05) is 48.2 Å². The quantitative estimate of drug-likeness (QED) is 0.215. The fourth-order valence-corrected chi connectivity index (χ4v) is 8.58. The number of hydrogen-bond acceptors (Lipinski definition) is 12. The van der Waals surface area contributed by atoms with E-state index in [-0.39, 0.29) is 62.0 Å². The Labute approximate surface area is 313 Å². The van der Waals surface area contributed by atoms with Crippen molar-refractivity contribution in [3.8, 4) is 70.4 Å². The lowest BCUT2D eigenvalue weighted by atomic mass is 9.57. The summed E-state index contributed by atoms with van der Waals surface area (Å²) in [5, 5.41) is 65.5. The molecule has 2 atom stereocenters. The van der Waals surface area contributed by atoms with Crippen LogP contribution in [-0.4, -0.2) is 47.3 Å². The van der Waals surface area contributed by atoms with E-state index in [0.29, 0.717) is 45.0 Å². The lowest BCUT2D eigenvalue weighted by Crippen LogP contribution is -2.80. The SMILES string of the molecule is CCOc1nc2c(c(-c3ccccc3)c1C#N)CC(C#N)(C#N)[C@@]1(C)CN3c4nc(OCC)c(C#N)c(-c5ccccc5)c4CC(C#N)(C#N)[C@]3(C)CN21. The van der Waals surface area contributed by atoms with E-state index < -0.39 is 21.9 Å². The van der Waals surface area contributed by atoms with Gasteiger partial charge in [-0.05, 0) is 38.8 Å². The molecule has 4 aromatic rings. The molecule has 0 saturated carbocycles. The Bertz CT molecular complexity index is 2260. The number of anilines is 2. The second-order valence-corrected chi connectivity index (χ2v) is 14.1. The van der Waals surface area contributed by atoms with E-state index in [2.05, 4.69) is 36.4 Å². The van der Waals surface area contributed by atoms with Gasteiger partial charge in [-0.25, -0.2) is 0 Å². The van der Waals surface area contributed by atoms with Gasteiger partial charge >= 0.3 is 0 Å². The van der Waals surface area contributed by atoms with Gasteiger partial charge in [0.1, 0.15) is 34.9 Å². The lowest BCUT2D eigenvalue weighted by Gasteiger charge is -2.66. The maximum absolute atomic E-state index is 11.1. The molecule has 12 nitrogen and oxygen atoms in total. The number of piperazine rings is 1. The molecule has 2 aromatic carbocycles. The first-order chi connectivity index (χ1) is 26.1. The molecule has 7 rings (SSSR count). The molecule has 0 unspecified atom stereocenters. The van der Waals surface area contributed by atoms with Crippen LogP contribution in [0.25, 0.3) is 22.3 Å². The van der Waals surface area contributed by atoms with E-state index >= 15 is 0 Å². The van der Waals surface area contributed by atoms with Crippen LogP contribution in [0.5, 0.6) is 11.8 Å². The molecule has 3 aliphatic heterocycles. The maximum Gasteiger partial charge on any atom is 0.234 e. The van der Waals surface area contributed by atoms with Crippen LogP contribution in [-0.2, 0) is 12.8 Å². The molecule has 1 saturated heterocycles. The van der Waals surface area contributed by atoms with Crippen molar-refractivity contribution in [3.63, 3.8) is 0 Å². The van der Waals surface area contributed by atoms with Gasteiger partial charge in [0.2, 0.25) is 11.8 Å². The van der Waals surface area contributed by atoms with Gasteiger partial charge in [0.05, 0.1) is 48.6 Å². The van der Waals surface area contributed by atoms with Crippen LogP contribution in [0.4, 0.5) is 11.6 Å². The molecule has 0 amide bonds. The number of hydrogen-bond donors (Lipinski definition) is 0. The summed E-state index contributed by atoms with van der Waals surface area (Å²) in [5.41, 5.74) is -2.25. The molecule has 0 bridgehead atoms. The van der Waals surface area contributed by atoms with Crippen molar-refractivity contribution in [2.24, 2.45) is 10.8 Å². The number of fused-ring (bicyclic) bond motifs is 6. The predicted molar refractivity (Wildman–Crippen MR) is 197 cm³/mol. The third-order valence-corrected chi connectivity index (χ3v) is 11.5. The number of benzene rings is 2. The van der Waals surface area contributed by atoms with E-state index in [1.165, 1.54) is 0 Å². The molecule has 0 aliphatic carbocycles. The molecule has 264 valence electrons. The summed E-state index contributed by atoms with van der Waals surface area (Å²) in [7, 11) is 0. The van der Waals surface area contributed by atoms with Gasteiger partial charge in [-0.1, -0.05) is 60.7 Å². The van der Waals surface area contributed by atoms with Crippen molar-refractivity contribution in [1.82, 2.24) is 9.97 Å². The number of aromatic nitrogens is 2. The summed E-state index contributed by atoms with van der Waals surface area (Å²) in [6.45, 7) is 7.62. The van der Waals surface area contributed by atoms with E-state index in [9.17, 15) is 31.6 Å². The molecule has 54 heavy (non-hydrogen) atoms. The molecule has 0 radical (unpaired) electrons. The van der Waals surface area contributed by atoms with Gasteiger partial charge in [0.25, 0.3) is 0 Å². The average Bonchev–Trinajstić information content (AvgIpc) is 3.20. The lowest BCUT2D eigenvalue weighted by molar-refractivity contribution is 0.131. The molecule has 5 heterocycles. The molecule has 2 aromatic heterocycles. The van der Waals surface area contributed by atoms with Crippen LogP contribution in [0, 0.1) is 78.8 Å². The number of pyridine rings is 2. The highest BCUT2D eigenvalue weighted by Crippen LogP contribution is 2.59. The van der Waals surface area contributed by atoms with Crippen LogP contribution in [0.1, 0.15) is 49.9 Å². The molecular weight excluding hydrogens is 677 g/mol. The number of ether oxygens (including phenoxy) is 2. The molecule has 0 spiro atoms. The molecule has 12 heteroatoms. The fraction of sp³-hybridized carbons (Fsp3) is 0.333. The summed E-state index contributed by atoms with van der Waals surface area (Å²) in [6, 6.07) is 32.6. The molecule has 1 fully saturated rings. The Morgan fingerprint density at radius 1 is 0.593 bits per heavy atom. The minimum absolute atomic E-state index is 0.0345. The maximum atomic E-state index is 11.1. The first-order valence-electron chi connectivity index (χ1n) is 17.6. The van der Waals surface area contributed by atoms with Crippen LogP contribution >= 0.6 is 0 Å². The van der Waals surface area contributed by atoms with E-state index in [1.54, 1.807) is 13.8 Å². The van der Waals surface area contributed by atoms with Crippen molar-refractivity contribution < 1.29 is 9.47 Å². The summed E-state index contributed by atoms with van der Waals surface area (Å²) < 4.78 is 12.0. The van der Waals surface area contributed by atoms with Gasteiger partial charge in [-0.3, -0.25) is 0 Å². The van der Waals surface area contributed by atoms with E-state index in [1.807, 2.05) is 84.3 Å². The zero-order valence-corrected chi connectivity index (χ0v) is 30.3. The molecule has 3 aliphatic rings. The second-order valence-electron chi connectivity index (χ2n) is 14.1. The smallest absolute Gasteiger partial charge is 0.234 e. The number of nitrogens with zero attached hydrogens (tertiary/aromatic N) is 10. The van der Waals surface area contributed by atoms with Crippen molar-refractivity contribution in [3.05, 3.63) is 82.9 Å². The largest absolute Gasteiger partial charge is 0.477 e. The van der Waals surface area contributed by atoms with Crippen molar-refractivity contribution in [2.75, 3.05) is 36.1 Å². The Morgan fingerprint density at radius 2 is 0.944 bits per heavy atom. The summed E-state index contributed by atoms with van der Waals surface area (Å²) in [6.07, 6.45) is -0.139.